The zero-order chi connectivity index (χ0) is 12.1. The van der Waals surface area contributed by atoms with Crippen LogP contribution in [0.3, 0.4) is 0 Å². The molecular formula is C12H22N4. The second-order valence-corrected chi connectivity index (χ2v) is 4.54. The summed E-state index contributed by atoms with van der Waals surface area (Å²) in [6, 6.07) is 2.34. The molecule has 0 aromatic carbocycles. The summed E-state index contributed by atoms with van der Waals surface area (Å²) < 4.78 is 0. The summed E-state index contributed by atoms with van der Waals surface area (Å²) in [6.07, 6.45) is 0.925. The van der Waals surface area contributed by atoms with Crippen molar-refractivity contribution >= 4 is 5.95 Å². The van der Waals surface area contributed by atoms with Gasteiger partial charge in [0.15, 0.2) is 0 Å². The summed E-state index contributed by atoms with van der Waals surface area (Å²) in [5.74, 6) is 1.14. The van der Waals surface area contributed by atoms with E-state index in [0.717, 1.165) is 17.8 Å². The lowest BCUT2D eigenvalue weighted by Crippen LogP contribution is -2.21. The van der Waals surface area contributed by atoms with Crippen LogP contribution in [-0.2, 0) is 0 Å². The van der Waals surface area contributed by atoms with E-state index in [9.17, 15) is 0 Å². The largest absolute Gasteiger partial charge is 0.352 e. The Morgan fingerprint density at radius 2 is 2.00 bits per heavy atom. The standard InChI is InChI=1S/C12H22N4/c1-8(2)11-7-10(4)15-12(16-11)14-9(3)5-6-13/h7-9H,5-6,13H2,1-4H3,(H,14,15,16). The number of hydrogen-bond donors (Lipinski definition) is 2. The van der Waals surface area contributed by atoms with Crippen LogP contribution in [0.1, 0.15) is 44.5 Å². The average Bonchev–Trinajstić information content (AvgIpc) is 2.16. The van der Waals surface area contributed by atoms with Crippen LogP contribution in [0, 0.1) is 6.92 Å². The number of nitrogens with two attached hydrogens (primary N) is 1. The topological polar surface area (TPSA) is 63.8 Å². The van der Waals surface area contributed by atoms with Crippen LogP contribution < -0.4 is 11.1 Å². The summed E-state index contributed by atoms with van der Waals surface area (Å²) in [5, 5.41) is 3.28. The Labute approximate surface area is 97.7 Å². The number of anilines is 1. The third kappa shape index (κ3) is 3.77. The first kappa shape index (κ1) is 12.9. The Kier molecular flexibility index (Phi) is 4.68. The monoisotopic (exact) mass is 222 g/mol. The van der Waals surface area contributed by atoms with E-state index in [4.69, 9.17) is 5.73 Å². The highest BCUT2D eigenvalue weighted by Gasteiger charge is 2.07. The zero-order valence-electron chi connectivity index (χ0n) is 10.6. The molecule has 1 heterocycles. The van der Waals surface area contributed by atoms with Crippen LogP contribution >= 0.6 is 0 Å². The maximum absolute atomic E-state index is 5.51. The maximum Gasteiger partial charge on any atom is 0.223 e. The van der Waals surface area contributed by atoms with Gasteiger partial charge in [-0.3, -0.25) is 0 Å². The smallest absolute Gasteiger partial charge is 0.223 e. The molecular weight excluding hydrogens is 200 g/mol. The molecule has 0 aliphatic heterocycles. The molecule has 0 spiro atoms. The quantitative estimate of drug-likeness (QED) is 0.800. The van der Waals surface area contributed by atoms with Gasteiger partial charge in [-0.15, -0.1) is 0 Å². The van der Waals surface area contributed by atoms with Gasteiger partial charge in [-0.1, -0.05) is 13.8 Å². The molecule has 0 aliphatic rings. The van der Waals surface area contributed by atoms with E-state index in [-0.39, 0.29) is 0 Å². The van der Waals surface area contributed by atoms with Gasteiger partial charge in [0.2, 0.25) is 5.95 Å². The maximum atomic E-state index is 5.51. The van der Waals surface area contributed by atoms with Gasteiger partial charge in [-0.05, 0) is 38.8 Å². The molecule has 0 amide bonds. The molecule has 0 saturated heterocycles. The van der Waals surface area contributed by atoms with Gasteiger partial charge in [0.05, 0.1) is 0 Å². The zero-order valence-corrected chi connectivity index (χ0v) is 10.6. The van der Waals surface area contributed by atoms with E-state index in [1.54, 1.807) is 0 Å². The number of nitrogens with zero attached hydrogens (tertiary/aromatic N) is 2. The van der Waals surface area contributed by atoms with Gasteiger partial charge in [0, 0.05) is 17.4 Å². The van der Waals surface area contributed by atoms with Crippen LogP contribution in [-0.4, -0.2) is 22.6 Å². The summed E-state index contributed by atoms with van der Waals surface area (Å²) in [6.45, 7) is 9.03. The molecule has 0 fully saturated rings. The van der Waals surface area contributed by atoms with Crippen LogP contribution in [0.4, 0.5) is 5.95 Å². The lowest BCUT2D eigenvalue weighted by molar-refractivity contribution is 0.704. The molecule has 1 aromatic heterocycles. The normalized spacial score (nSPS) is 12.9. The predicted octanol–water partition coefficient (Wildman–Crippen LogP) is 2.06. The Balaban J connectivity index is 2.80. The molecule has 0 saturated carbocycles. The van der Waals surface area contributed by atoms with Gasteiger partial charge < -0.3 is 11.1 Å². The lowest BCUT2D eigenvalue weighted by Gasteiger charge is -2.14. The first-order valence-corrected chi connectivity index (χ1v) is 5.85. The molecule has 0 aliphatic carbocycles. The molecule has 90 valence electrons. The molecule has 3 N–H and O–H groups in total. The number of hydrogen-bond acceptors (Lipinski definition) is 4. The molecule has 4 heteroatoms. The van der Waals surface area contributed by atoms with Gasteiger partial charge in [0.1, 0.15) is 0 Å². The van der Waals surface area contributed by atoms with Gasteiger partial charge >= 0.3 is 0 Å². The van der Waals surface area contributed by atoms with Crippen molar-refractivity contribution in [3.63, 3.8) is 0 Å². The van der Waals surface area contributed by atoms with Crippen molar-refractivity contribution in [2.45, 2.75) is 46.1 Å². The first-order chi connectivity index (χ1) is 7.52. The fourth-order valence-electron chi connectivity index (χ4n) is 1.50. The Morgan fingerprint density at radius 1 is 1.31 bits per heavy atom. The first-order valence-electron chi connectivity index (χ1n) is 5.85. The highest BCUT2D eigenvalue weighted by atomic mass is 15.1. The van der Waals surface area contributed by atoms with E-state index in [0.29, 0.717) is 24.5 Å². The van der Waals surface area contributed by atoms with Gasteiger partial charge in [-0.2, -0.15) is 0 Å². The number of aromatic nitrogens is 2. The van der Waals surface area contributed by atoms with Crippen molar-refractivity contribution in [2.75, 3.05) is 11.9 Å². The molecule has 16 heavy (non-hydrogen) atoms. The molecule has 0 radical (unpaired) electrons. The average molecular weight is 222 g/mol. The number of rotatable bonds is 5. The van der Waals surface area contributed by atoms with E-state index < -0.39 is 0 Å². The summed E-state index contributed by atoms with van der Waals surface area (Å²) in [5.41, 5.74) is 7.59. The van der Waals surface area contributed by atoms with Crippen LogP contribution in [0.15, 0.2) is 6.07 Å². The Bertz CT molecular complexity index is 336. The van der Waals surface area contributed by atoms with Crippen molar-refractivity contribution in [2.24, 2.45) is 5.73 Å². The molecule has 1 rings (SSSR count). The van der Waals surface area contributed by atoms with Crippen molar-refractivity contribution in [3.05, 3.63) is 17.5 Å². The number of nitrogens with one attached hydrogen (secondary N) is 1. The number of aryl methyl sites for hydroxylation is 1. The molecule has 1 atom stereocenters. The highest BCUT2D eigenvalue weighted by molar-refractivity contribution is 5.30. The minimum absolute atomic E-state index is 0.312. The second-order valence-electron chi connectivity index (χ2n) is 4.54. The van der Waals surface area contributed by atoms with E-state index in [1.807, 2.05) is 13.0 Å². The summed E-state index contributed by atoms with van der Waals surface area (Å²) in [4.78, 5) is 8.87. The van der Waals surface area contributed by atoms with Gasteiger partial charge in [-0.25, -0.2) is 9.97 Å². The van der Waals surface area contributed by atoms with Crippen LogP contribution in [0.5, 0.6) is 0 Å². The highest BCUT2D eigenvalue weighted by Crippen LogP contribution is 2.15. The minimum atomic E-state index is 0.312. The molecule has 4 nitrogen and oxygen atoms in total. The SMILES string of the molecule is Cc1cc(C(C)C)nc(NC(C)CCN)n1. The predicted molar refractivity (Wildman–Crippen MR) is 67.6 cm³/mol. The van der Waals surface area contributed by atoms with Crippen molar-refractivity contribution in [3.8, 4) is 0 Å². The molecule has 1 unspecified atom stereocenters. The summed E-state index contributed by atoms with van der Waals surface area (Å²) in [7, 11) is 0. The fraction of sp³-hybridized carbons (Fsp3) is 0.667. The minimum Gasteiger partial charge on any atom is -0.352 e. The second kappa shape index (κ2) is 5.80. The van der Waals surface area contributed by atoms with Crippen LogP contribution in [0.2, 0.25) is 0 Å². The van der Waals surface area contributed by atoms with E-state index in [1.165, 1.54) is 0 Å². The Morgan fingerprint density at radius 3 is 2.56 bits per heavy atom. The van der Waals surface area contributed by atoms with Gasteiger partial charge in [0.25, 0.3) is 0 Å². The van der Waals surface area contributed by atoms with Crippen molar-refractivity contribution < 1.29 is 0 Å². The third-order valence-electron chi connectivity index (χ3n) is 2.44. The van der Waals surface area contributed by atoms with Crippen LogP contribution in [0.25, 0.3) is 0 Å². The van der Waals surface area contributed by atoms with Crippen molar-refractivity contribution in [1.29, 1.82) is 0 Å². The Hall–Kier alpha value is -1.16. The molecule has 0 bridgehead atoms. The van der Waals surface area contributed by atoms with E-state index >= 15 is 0 Å². The van der Waals surface area contributed by atoms with Crippen molar-refractivity contribution in [1.82, 2.24) is 9.97 Å². The lowest BCUT2D eigenvalue weighted by atomic mass is 10.1. The molecule has 1 aromatic rings. The summed E-state index contributed by atoms with van der Waals surface area (Å²) >= 11 is 0. The fourth-order valence-corrected chi connectivity index (χ4v) is 1.50. The third-order valence-corrected chi connectivity index (χ3v) is 2.44. The van der Waals surface area contributed by atoms with E-state index in [2.05, 4.69) is 36.1 Å².